The molecule has 1 saturated heterocycles. The number of hydrogen-bond donors (Lipinski definition) is 0. The molecule has 1 aliphatic heterocycles. The van der Waals surface area contributed by atoms with Crippen LogP contribution in [-0.4, -0.2) is 47.3 Å². The van der Waals surface area contributed by atoms with Crippen LogP contribution < -0.4 is 4.74 Å². The fourth-order valence-electron chi connectivity index (χ4n) is 4.61. The Morgan fingerprint density at radius 3 is 2.89 bits per heavy atom. The maximum atomic E-state index is 13.4. The van der Waals surface area contributed by atoms with Crippen molar-refractivity contribution in [2.75, 3.05) is 26.3 Å². The quantitative estimate of drug-likeness (QED) is 0.404. The van der Waals surface area contributed by atoms with Gasteiger partial charge in [0.1, 0.15) is 18.1 Å². The van der Waals surface area contributed by atoms with E-state index in [4.69, 9.17) is 14.0 Å². The van der Waals surface area contributed by atoms with Gasteiger partial charge in [-0.3, -0.25) is 9.78 Å². The van der Waals surface area contributed by atoms with Crippen molar-refractivity contribution < 1.29 is 18.8 Å². The van der Waals surface area contributed by atoms with Gasteiger partial charge in [0.15, 0.2) is 0 Å². The standard InChI is InChI=1S/C28H29N3O4/c1-19-26(20(2)35-30-19)18-34-24-8-3-7-23(15-24)28(32)31-12-13-33-17-21(16-31)14-22-6-4-10-27-25(22)9-5-11-29-27/h3-11,15,21H,12-14,16-18H2,1-2H3/t21-/m0/s1. The molecule has 0 N–H and O–H groups in total. The fourth-order valence-corrected chi connectivity index (χ4v) is 4.61. The summed E-state index contributed by atoms with van der Waals surface area (Å²) in [5.74, 6) is 1.57. The Morgan fingerprint density at radius 1 is 1.14 bits per heavy atom. The van der Waals surface area contributed by atoms with E-state index in [1.54, 1.807) is 6.07 Å². The molecule has 0 saturated carbocycles. The van der Waals surface area contributed by atoms with Crippen LogP contribution in [0.1, 0.15) is 32.9 Å². The van der Waals surface area contributed by atoms with E-state index >= 15 is 0 Å². The van der Waals surface area contributed by atoms with Crippen molar-refractivity contribution in [3.63, 3.8) is 0 Å². The molecule has 7 nitrogen and oxygen atoms in total. The van der Waals surface area contributed by atoms with Crippen LogP contribution in [0, 0.1) is 19.8 Å². The summed E-state index contributed by atoms with van der Waals surface area (Å²) < 4.78 is 17.0. The SMILES string of the molecule is Cc1noc(C)c1COc1cccc(C(=O)N2CCOC[C@@H](Cc3cccc4ncccc34)C2)c1. The Kier molecular flexibility index (Phi) is 6.77. The molecule has 1 amide bonds. The second kappa shape index (κ2) is 10.3. The van der Waals surface area contributed by atoms with Crippen molar-refractivity contribution in [3.05, 3.63) is 88.9 Å². The van der Waals surface area contributed by atoms with Crippen LogP contribution in [0.3, 0.4) is 0 Å². The second-order valence-corrected chi connectivity index (χ2v) is 9.00. The van der Waals surface area contributed by atoms with Gasteiger partial charge in [-0.05, 0) is 56.2 Å². The normalized spacial score (nSPS) is 16.3. The summed E-state index contributed by atoms with van der Waals surface area (Å²) in [6.45, 7) is 6.46. The topological polar surface area (TPSA) is 77.7 Å². The number of aryl methyl sites for hydroxylation is 2. The molecule has 1 fully saturated rings. The first-order chi connectivity index (χ1) is 17.1. The van der Waals surface area contributed by atoms with Gasteiger partial charge in [0.05, 0.1) is 30.0 Å². The third-order valence-corrected chi connectivity index (χ3v) is 6.51. The van der Waals surface area contributed by atoms with Crippen molar-refractivity contribution in [3.8, 4) is 5.75 Å². The van der Waals surface area contributed by atoms with Gasteiger partial charge in [0, 0.05) is 36.2 Å². The lowest BCUT2D eigenvalue weighted by Crippen LogP contribution is -2.36. The van der Waals surface area contributed by atoms with E-state index in [0.29, 0.717) is 44.2 Å². The third kappa shape index (κ3) is 5.20. The molecule has 0 unspecified atom stereocenters. The highest BCUT2D eigenvalue weighted by Crippen LogP contribution is 2.23. The Hall–Kier alpha value is -3.71. The number of rotatable bonds is 6. The monoisotopic (exact) mass is 471 g/mol. The van der Waals surface area contributed by atoms with Crippen molar-refractivity contribution in [2.45, 2.75) is 26.9 Å². The summed E-state index contributed by atoms with van der Waals surface area (Å²) in [6.07, 6.45) is 2.64. The van der Waals surface area contributed by atoms with Crippen molar-refractivity contribution in [2.24, 2.45) is 5.92 Å². The maximum absolute atomic E-state index is 13.4. The first-order valence-electron chi connectivity index (χ1n) is 11.9. The zero-order valence-corrected chi connectivity index (χ0v) is 20.1. The Bertz CT molecular complexity index is 1310. The highest BCUT2D eigenvalue weighted by molar-refractivity contribution is 5.94. The number of aromatic nitrogens is 2. The van der Waals surface area contributed by atoms with Crippen LogP contribution in [0.15, 0.2) is 65.3 Å². The molecule has 0 radical (unpaired) electrons. The molecule has 5 rings (SSSR count). The number of hydrogen-bond acceptors (Lipinski definition) is 6. The highest BCUT2D eigenvalue weighted by Gasteiger charge is 2.24. The number of pyridine rings is 1. The Balaban J connectivity index is 1.28. The molecule has 0 spiro atoms. The van der Waals surface area contributed by atoms with Crippen LogP contribution in [-0.2, 0) is 17.8 Å². The second-order valence-electron chi connectivity index (χ2n) is 9.00. The van der Waals surface area contributed by atoms with Gasteiger partial charge in [-0.25, -0.2) is 0 Å². The summed E-state index contributed by atoms with van der Waals surface area (Å²) in [6, 6.07) is 17.6. The molecule has 1 aliphatic rings. The van der Waals surface area contributed by atoms with Gasteiger partial charge in [-0.2, -0.15) is 0 Å². The Morgan fingerprint density at radius 2 is 2.03 bits per heavy atom. The Labute approximate surface area is 204 Å². The molecule has 3 heterocycles. The van der Waals surface area contributed by atoms with Crippen LogP contribution >= 0.6 is 0 Å². The predicted molar refractivity (Wildman–Crippen MR) is 132 cm³/mol. The van der Waals surface area contributed by atoms with Gasteiger partial charge < -0.3 is 18.9 Å². The van der Waals surface area contributed by atoms with E-state index in [1.165, 1.54) is 5.56 Å². The molecule has 180 valence electrons. The van der Waals surface area contributed by atoms with Crippen LogP contribution in [0.5, 0.6) is 5.75 Å². The predicted octanol–water partition coefficient (Wildman–Crippen LogP) is 4.75. The van der Waals surface area contributed by atoms with E-state index in [2.05, 4.69) is 22.3 Å². The molecule has 1 atom stereocenters. The molecular weight excluding hydrogens is 442 g/mol. The molecule has 2 aromatic heterocycles. The average Bonchev–Trinajstić information content (AvgIpc) is 3.06. The van der Waals surface area contributed by atoms with Gasteiger partial charge >= 0.3 is 0 Å². The number of carbonyl (C=O) groups excluding carboxylic acids is 1. The summed E-state index contributed by atoms with van der Waals surface area (Å²) in [7, 11) is 0. The zero-order valence-electron chi connectivity index (χ0n) is 20.1. The van der Waals surface area contributed by atoms with E-state index in [-0.39, 0.29) is 11.8 Å². The molecular formula is C28H29N3O4. The smallest absolute Gasteiger partial charge is 0.254 e. The lowest BCUT2D eigenvalue weighted by Gasteiger charge is -2.24. The highest BCUT2D eigenvalue weighted by atomic mass is 16.5. The first kappa shape index (κ1) is 23.1. The molecule has 35 heavy (non-hydrogen) atoms. The van der Waals surface area contributed by atoms with Gasteiger partial charge in [0.2, 0.25) is 0 Å². The molecule has 7 heteroatoms. The fraction of sp³-hybridized carbons (Fsp3) is 0.321. The van der Waals surface area contributed by atoms with E-state index < -0.39 is 0 Å². The van der Waals surface area contributed by atoms with E-state index in [0.717, 1.165) is 34.3 Å². The number of ether oxygens (including phenoxy) is 2. The first-order valence-corrected chi connectivity index (χ1v) is 11.9. The molecule has 0 aliphatic carbocycles. The number of nitrogens with zero attached hydrogens (tertiary/aromatic N) is 3. The number of carbonyl (C=O) groups is 1. The maximum Gasteiger partial charge on any atom is 0.254 e. The minimum atomic E-state index is -0.0112. The van der Waals surface area contributed by atoms with E-state index in [9.17, 15) is 4.79 Å². The van der Waals surface area contributed by atoms with Gasteiger partial charge in [0.25, 0.3) is 5.91 Å². The number of amides is 1. The minimum absolute atomic E-state index is 0.0112. The molecule has 2 aromatic carbocycles. The van der Waals surface area contributed by atoms with Gasteiger partial charge in [-0.15, -0.1) is 0 Å². The lowest BCUT2D eigenvalue weighted by molar-refractivity contribution is 0.0737. The van der Waals surface area contributed by atoms with Gasteiger partial charge in [-0.1, -0.05) is 29.4 Å². The van der Waals surface area contributed by atoms with Crippen molar-refractivity contribution >= 4 is 16.8 Å². The van der Waals surface area contributed by atoms with Crippen molar-refractivity contribution in [1.29, 1.82) is 0 Å². The van der Waals surface area contributed by atoms with Crippen LogP contribution in [0.25, 0.3) is 10.9 Å². The third-order valence-electron chi connectivity index (χ3n) is 6.51. The summed E-state index contributed by atoms with van der Waals surface area (Å²) >= 11 is 0. The summed E-state index contributed by atoms with van der Waals surface area (Å²) in [5, 5.41) is 5.12. The average molecular weight is 472 g/mol. The largest absolute Gasteiger partial charge is 0.489 e. The summed E-state index contributed by atoms with van der Waals surface area (Å²) in [4.78, 5) is 19.8. The zero-order chi connectivity index (χ0) is 24.2. The summed E-state index contributed by atoms with van der Waals surface area (Å²) in [5.41, 5.74) is 4.57. The van der Waals surface area contributed by atoms with Crippen molar-refractivity contribution in [1.82, 2.24) is 15.0 Å². The number of benzene rings is 2. The van der Waals surface area contributed by atoms with Crippen LogP contribution in [0.4, 0.5) is 0 Å². The molecule has 0 bridgehead atoms. The molecule has 4 aromatic rings. The van der Waals surface area contributed by atoms with E-state index in [1.807, 2.05) is 61.3 Å². The lowest BCUT2D eigenvalue weighted by atomic mass is 9.96. The van der Waals surface area contributed by atoms with Crippen LogP contribution in [0.2, 0.25) is 0 Å². The minimum Gasteiger partial charge on any atom is -0.489 e. The number of fused-ring (bicyclic) bond motifs is 1.